The Balaban J connectivity index is 2.18. The molecule has 1 aliphatic rings. The number of nitrogens with two attached hydrogens (primary N) is 1. The molecule has 1 aromatic carbocycles. The van der Waals surface area contributed by atoms with Gasteiger partial charge in [0.05, 0.1) is 6.10 Å². The molecule has 2 heteroatoms. The van der Waals surface area contributed by atoms with E-state index in [2.05, 4.69) is 39.0 Å². The van der Waals surface area contributed by atoms with Gasteiger partial charge in [0.15, 0.2) is 0 Å². The zero-order chi connectivity index (χ0) is 12.4. The third-order valence-corrected chi connectivity index (χ3v) is 4.04. The molecule has 2 N–H and O–H groups in total. The predicted molar refractivity (Wildman–Crippen MR) is 71.0 cm³/mol. The normalized spacial score (nSPS) is 26.1. The molecule has 1 saturated heterocycles. The van der Waals surface area contributed by atoms with Gasteiger partial charge in [0.2, 0.25) is 0 Å². The summed E-state index contributed by atoms with van der Waals surface area (Å²) in [6.07, 6.45) is 2.49. The monoisotopic (exact) mass is 233 g/mol. The summed E-state index contributed by atoms with van der Waals surface area (Å²) >= 11 is 0. The number of hydrogen-bond donors (Lipinski definition) is 1. The van der Waals surface area contributed by atoms with Crippen LogP contribution in [0, 0.1) is 19.8 Å². The molecule has 3 unspecified atom stereocenters. The summed E-state index contributed by atoms with van der Waals surface area (Å²) in [6, 6.07) is 6.67. The minimum absolute atomic E-state index is 0.113. The van der Waals surface area contributed by atoms with E-state index >= 15 is 0 Å². The van der Waals surface area contributed by atoms with Gasteiger partial charge < -0.3 is 10.5 Å². The van der Waals surface area contributed by atoms with Crippen LogP contribution in [-0.4, -0.2) is 12.7 Å². The van der Waals surface area contributed by atoms with E-state index < -0.39 is 0 Å². The smallest absolute Gasteiger partial charge is 0.0619 e. The number of ether oxygens (including phenoxy) is 1. The van der Waals surface area contributed by atoms with Gasteiger partial charge in [-0.05, 0) is 43.4 Å². The van der Waals surface area contributed by atoms with Crippen molar-refractivity contribution in [3.63, 3.8) is 0 Å². The Morgan fingerprint density at radius 1 is 1.35 bits per heavy atom. The van der Waals surface area contributed by atoms with Gasteiger partial charge >= 0.3 is 0 Å². The lowest BCUT2D eigenvalue weighted by atomic mass is 9.86. The van der Waals surface area contributed by atoms with E-state index in [9.17, 15) is 0 Å². The highest BCUT2D eigenvalue weighted by Gasteiger charge is 2.32. The Bertz CT molecular complexity index is 389. The molecule has 0 aromatic heterocycles. The lowest BCUT2D eigenvalue weighted by molar-refractivity contribution is 0.0813. The average Bonchev–Trinajstić information content (AvgIpc) is 2.80. The fourth-order valence-corrected chi connectivity index (χ4v) is 2.72. The molecule has 1 aliphatic heterocycles. The number of benzene rings is 1. The molecule has 1 aromatic rings. The van der Waals surface area contributed by atoms with Crippen LogP contribution in [0.15, 0.2) is 18.2 Å². The molecule has 2 nitrogen and oxygen atoms in total. The first-order valence-electron chi connectivity index (χ1n) is 6.57. The van der Waals surface area contributed by atoms with Gasteiger partial charge in [-0.15, -0.1) is 0 Å². The molecule has 0 aliphatic carbocycles. The van der Waals surface area contributed by atoms with Gasteiger partial charge in [0, 0.05) is 18.6 Å². The van der Waals surface area contributed by atoms with Gasteiger partial charge in [0.1, 0.15) is 0 Å². The van der Waals surface area contributed by atoms with E-state index in [0.29, 0.717) is 12.0 Å². The summed E-state index contributed by atoms with van der Waals surface area (Å²) in [5.41, 5.74) is 10.3. The maximum Gasteiger partial charge on any atom is 0.0619 e. The molecular formula is C15H23NO. The lowest BCUT2D eigenvalue weighted by Crippen LogP contribution is -2.28. The van der Waals surface area contributed by atoms with Crippen molar-refractivity contribution in [1.82, 2.24) is 0 Å². The van der Waals surface area contributed by atoms with E-state index in [1.807, 2.05) is 0 Å². The molecule has 2 rings (SSSR count). The van der Waals surface area contributed by atoms with Crippen molar-refractivity contribution in [2.75, 3.05) is 6.61 Å². The van der Waals surface area contributed by atoms with Crippen molar-refractivity contribution in [2.45, 2.75) is 45.8 Å². The highest BCUT2D eigenvalue weighted by Crippen LogP contribution is 2.33. The molecule has 0 spiro atoms. The fraction of sp³-hybridized carbons (Fsp3) is 0.600. The summed E-state index contributed by atoms with van der Waals surface area (Å²) in [6.45, 7) is 7.32. The molecule has 1 heterocycles. The summed E-state index contributed by atoms with van der Waals surface area (Å²) < 4.78 is 5.73. The van der Waals surface area contributed by atoms with Crippen LogP contribution < -0.4 is 5.73 Å². The molecule has 0 amide bonds. The number of rotatable bonds is 3. The first-order valence-corrected chi connectivity index (χ1v) is 6.57. The van der Waals surface area contributed by atoms with Crippen LogP contribution >= 0.6 is 0 Å². The zero-order valence-electron chi connectivity index (χ0n) is 11.1. The molecule has 0 bridgehead atoms. The highest BCUT2D eigenvalue weighted by molar-refractivity contribution is 5.32. The Kier molecular flexibility index (Phi) is 3.85. The fourth-order valence-electron chi connectivity index (χ4n) is 2.72. The van der Waals surface area contributed by atoms with Crippen LogP contribution in [0.5, 0.6) is 0 Å². The zero-order valence-corrected chi connectivity index (χ0v) is 11.1. The third kappa shape index (κ3) is 2.53. The average molecular weight is 233 g/mol. The molecule has 94 valence electrons. The molecule has 17 heavy (non-hydrogen) atoms. The van der Waals surface area contributed by atoms with Crippen LogP contribution in [0.25, 0.3) is 0 Å². The minimum Gasteiger partial charge on any atom is -0.378 e. The molecular weight excluding hydrogens is 210 g/mol. The van der Waals surface area contributed by atoms with Crippen molar-refractivity contribution < 1.29 is 4.74 Å². The van der Waals surface area contributed by atoms with E-state index in [4.69, 9.17) is 10.5 Å². The second kappa shape index (κ2) is 5.19. The van der Waals surface area contributed by atoms with Gasteiger partial charge in [-0.2, -0.15) is 0 Å². The van der Waals surface area contributed by atoms with Crippen molar-refractivity contribution in [1.29, 1.82) is 0 Å². The predicted octanol–water partition coefficient (Wildman–Crippen LogP) is 3.12. The summed E-state index contributed by atoms with van der Waals surface area (Å²) in [5.74, 6) is 0.474. The number of aryl methyl sites for hydroxylation is 2. The maximum absolute atomic E-state index is 6.41. The van der Waals surface area contributed by atoms with Crippen molar-refractivity contribution in [2.24, 2.45) is 11.7 Å². The standard InChI is InChI=1S/C15H23NO/c1-4-14-13(7-8-17-14)15(16)12-6-5-10(2)11(3)9-12/h5-6,9,13-15H,4,7-8,16H2,1-3H3. The number of hydrogen-bond acceptors (Lipinski definition) is 2. The second-order valence-electron chi connectivity index (χ2n) is 5.14. The lowest BCUT2D eigenvalue weighted by Gasteiger charge is -2.24. The molecule has 3 atom stereocenters. The SMILES string of the molecule is CCC1OCCC1C(N)c1ccc(C)c(C)c1. The first kappa shape index (κ1) is 12.6. The Hall–Kier alpha value is -0.860. The van der Waals surface area contributed by atoms with Gasteiger partial charge in [0.25, 0.3) is 0 Å². The Labute approximate surface area is 104 Å². The van der Waals surface area contributed by atoms with Gasteiger partial charge in [-0.1, -0.05) is 25.1 Å². The summed E-state index contributed by atoms with van der Waals surface area (Å²) in [4.78, 5) is 0. The molecule has 0 saturated carbocycles. The van der Waals surface area contributed by atoms with Gasteiger partial charge in [-0.25, -0.2) is 0 Å². The van der Waals surface area contributed by atoms with Crippen molar-refractivity contribution in [3.05, 3.63) is 34.9 Å². The van der Waals surface area contributed by atoms with Crippen LogP contribution in [-0.2, 0) is 4.74 Å². The van der Waals surface area contributed by atoms with E-state index in [1.54, 1.807) is 0 Å². The maximum atomic E-state index is 6.41. The summed E-state index contributed by atoms with van der Waals surface area (Å²) in [5, 5.41) is 0. The molecule has 1 fully saturated rings. The van der Waals surface area contributed by atoms with E-state index in [-0.39, 0.29) is 6.04 Å². The van der Waals surface area contributed by atoms with Crippen LogP contribution in [0.3, 0.4) is 0 Å². The Morgan fingerprint density at radius 3 is 2.76 bits per heavy atom. The van der Waals surface area contributed by atoms with E-state index in [1.165, 1.54) is 16.7 Å². The second-order valence-corrected chi connectivity index (χ2v) is 5.14. The topological polar surface area (TPSA) is 35.2 Å². The quantitative estimate of drug-likeness (QED) is 0.870. The highest BCUT2D eigenvalue weighted by atomic mass is 16.5. The van der Waals surface area contributed by atoms with Crippen LogP contribution in [0.2, 0.25) is 0 Å². The third-order valence-electron chi connectivity index (χ3n) is 4.04. The first-order chi connectivity index (χ1) is 8.13. The Morgan fingerprint density at radius 2 is 2.12 bits per heavy atom. The minimum atomic E-state index is 0.113. The van der Waals surface area contributed by atoms with Crippen molar-refractivity contribution >= 4 is 0 Å². The largest absolute Gasteiger partial charge is 0.378 e. The van der Waals surface area contributed by atoms with Crippen molar-refractivity contribution in [3.8, 4) is 0 Å². The van der Waals surface area contributed by atoms with Crippen LogP contribution in [0.1, 0.15) is 42.5 Å². The van der Waals surface area contributed by atoms with Crippen LogP contribution in [0.4, 0.5) is 0 Å². The summed E-state index contributed by atoms with van der Waals surface area (Å²) in [7, 11) is 0. The molecule has 0 radical (unpaired) electrons. The van der Waals surface area contributed by atoms with E-state index in [0.717, 1.165) is 19.4 Å². The van der Waals surface area contributed by atoms with Gasteiger partial charge in [-0.3, -0.25) is 0 Å².